The lowest BCUT2D eigenvalue weighted by atomic mass is 10.0. The van der Waals surface area contributed by atoms with Gasteiger partial charge in [0.1, 0.15) is 0 Å². The van der Waals surface area contributed by atoms with Gasteiger partial charge in [-0.15, -0.1) is 11.8 Å². The predicted molar refractivity (Wildman–Crippen MR) is 84.6 cm³/mol. The first-order valence-electron chi connectivity index (χ1n) is 6.18. The van der Waals surface area contributed by atoms with Crippen molar-refractivity contribution in [3.05, 3.63) is 58.1 Å². The largest absolute Gasteiger partial charge is 0.376 e. The molecule has 0 spiro atoms. The van der Waals surface area contributed by atoms with Gasteiger partial charge in [0.25, 0.3) is 0 Å². The van der Waals surface area contributed by atoms with Gasteiger partial charge in [0, 0.05) is 10.6 Å². The summed E-state index contributed by atoms with van der Waals surface area (Å²) in [5.41, 5.74) is 2.16. The number of fused-ring (bicyclic) bond motifs is 1. The maximum atomic E-state index is 6.22. The molecule has 0 saturated heterocycles. The summed E-state index contributed by atoms with van der Waals surface area (Å²) in [7, 11) is 0. The van der Waals surface area contributed by atoms with Crippen LogP contribution in [-0.4, -0.2) is 5.75 Å². The van der Waals surface area contributed by atoms with E-state index in [2.05, 4.69) is 29.6 Å². The molecule has 0 aromatic heterocycles. The van der Waals surface area contributed by atoms with Gasteiger partial charge in [-0.05, 0) is 30.2 Å². The molecule has 1 nitrogen and oxygen atoms in total. The van der Waals surface area contributed by atoms with Crippen LogP contribution in [0.25, 0.3) is 0 Å². The van der Waals surface area contributed by atoms with Crippen molar-refractivity contribution in [2.45, 2.75) is 17.4 Å². The maximum Gasteiger partial charge on any atom is 0.0723 e. The van der Waals surface area contributed by atoms with E-state index in [1.165, 1.54) is 10.5 Å². The monoisotopic (exact) mass is 309 g/mol. The van der Waals surface area contributed by atoms with Crippen molar-refractivity contribution in [1.29, 1.82) is 0 Å². The molecule has 0 bridgehead atoms. The zero-order valence-corrected chi connectivity index (χ0v) is 12.5. The first-order valence-corrected chi connectivity index (χ1v) is 7.92. The molecule has 19 heavy (non-hydrogen) atoms. The lowest BCUT2D eigenvalue weighted by Crippen LogP contribution is -2.16. The van der Waals surface area contributed by atoms with Crippen LogP contribution in [0.2, 0.25) is 10.0 Å². The van der Waals surface area contributed by atoms with E-state index in [1.54, 1.807) is 0 Å². The minimum Gasteiger partial charge on any atom is -0.376 e. The number of hydrogen-bond donors (Lipinski definition) is 1. The molecule has 1 atom stereocenters. The summed E-state index contributed by atoms with van der Waals surface area (Å²) in [6.07, 6.45) is 1.07. The highest BCUT2D eigenvalue weighted by molar-refractivity contribution is 7.99. The third-order valence-corrected chi connectivity index (χ3v) is 4.99. The molecule has 0 saturated carbocycles. The average molecular weight is 310 g/mol. The normalized spacial score (nSPS) is 17.9. The molecule has 2 aromatic rings. The van der Waals surface area contributed by atoms with Gasteiger partial charge in [-0.25, -0.2) is 0 Å². The molecule has 1 aliphatic rings. The van der Waals surface area contributed by atoms with E-state index in [-0.39, 0.29) is 6.04 Å². The van der Waals surface area contributed by atoms with Gasteiger partial charge >= 0.3 is 0 Å². The maximum absolute atomic E-state index is 6.22. The van der Waals surface area contributed by atoms with Crippen molar-refractivity contribution in [3.8, 4) is 0 Å². The number of anilines is 1. The number of nitrogens with one attached hydrogen (secondary N) is 1. The van der Waals surface area contributed by atoms with Crippen molar-refractivity contribution in [2.75, 3.05) is 11.1 Å². The lowest BCUT2D eigenvalue weighted by molar-refractivity contribution is 0.729. The molecule has 98 valence electrons. The summed E-state index contributed by atoms with van der Waals surface area (Å²) in [6.45, 7) is 0. The topological polar surface area (TPSA) is 12.0 Å². The summed E-state index contributed by atoms with van der Waals surface area (Å²) in [6, 6.07) is 14.4. The van der Waals surface area contributed by atoms with Gasteiger partial charge in [-0.1, -0.05) is 47.5 Å². The Morgan fingerprint density at radius 2 is 1.74 bits per heavy atom. The lowest BCUT2D eigenvalue weighted by Gasteiger charge is -2.27. The van der Waals surface area contributed by atoms with E-state index in [9.17, 15) is 0 Å². The van der Waals surface area contributed by atoms with Crippen LogP contribution in [0.1, 0.15) is 18.0 Å². The minimum atomic E-state index is 0.273. The second kappa shape index (κ2) is 5.66. The van der Waals surface area contributed by atoms with Gasteiger partial charge in [0.05, 0.1) is 21.8 Å². The van der Waals surface area contributed by atoms with Gasteiger partial charge in [0.2, 0.25) is 0 Å². The van der Waals surface area contributed by atoms with E-state index >= 15 is 0 Å². The van der Waals surface area contributed by atoms with Crippen molar-refractivity contribution < 1.29 is 0 Å². The Balaban J connectivity index is 1.93. The van der Waals surface area contributed by atoms with Crippen LogP contribution in [0.4, 0.5) is 5.69 Å². The van der Waals surface area contributed by atoms with Crippen LogP contribution in [0, 0.1) is 0 Å². The van der Waals surface area contributed by atoms with E-state index in [4.69, 9.17) is 23.2 Å². The molecular formula is C15H13Cl2NS. The predicted octanol–water partition coefficient (Wildman–Crippen LogP) is 5.64. The number of thioether (sulfide) groups is 1. The fraction of sp³-hybridized carbons (Fsp3) is 0.200. The van der Waals surface area contributed by atoms with Crippen LogP contribution in [-0.2, 0) is 0 Å². The quantitative estimate of drug-likeness (QED) is 0.770. The molecule has 1 unspecified atom stereocenters. The number of benzene rings is 2. The van der Waals surface area contributed by atoms with Crippen LogP contribution >= 0.6 is 35.0 Å². The summed E-state index contributed by atoms with van der Waals surface area (Å²) >= 11 is 14.4. The van der Waals surface area contributed by atoms with Gasteiger partial charge in [-0.3, -0.25) is 0 Å². The van der Waals surface area contributed by atoms with Crippen LogP contribution in [0.3, 0.4) is 0 Å². The highest BCUT2D eigenvalue weighted by atomic mass is 35.5. The molecule has 0 aliphatic carbocycles. The van der Waals surface area contributed by atoms with Gasteiger partial charge < -0.3 is 5.32 Å². The number of halogens is 2. The number of rotatable bonds is 2. The highest BCUT2D eigenvalue weighted by Crippen LogP contribution is 2.40. The van der Waals surface area contributed by atoms with Crippen LogP contribution in [0.5, 0.6) is 0 Å². The molecule has 0 amide bonds. The highest BCUT2D eigenvalue weighted by Gasteiger charge is 2.21. The molecule has 1 aliphatic heterocycles. The molecule has 1 N–H and O–H groups in total. The SMILES string of the molecule is Clc1cccc(Cl)c1NC1CCSc2ccccc21. The van der Waals surface area contributed by atoms with Crippen molar-refractivity contribution in [1.82, 2.24) is 0 Å². The summed E-state index contributed by atoms with van der Waals surface area (Å²) in [5, 5.41) is 4.84. The Labute approximate surface area is 127 Å². The summed E-state index contributed by atoms with van der Waals surface area (Å²) in [5.74, 6) is 1.11. The van der Waals surface area contributed by atoms with Crippen molar-refractivity contribution >= 4 is 40.7 Å². The Morgan fingerprint density at radius 1 is 1.00 bits per heavy atom. The standard InChI is InChI=1S/C15H13Cl2NS/c16-11-5-3-6-12(17)15(11)18-13-8-9-19-14-7-2-1-4-10(13)14/h1-7,13,18H,8-9H2. The van der Waals surface area contributed by atoms with Crippen LogP contribution in [0.15, 0.2) is 47.4 Å². The van der Waals surface area contributed by atoms with Crippen molar-refractivity contribution in [3.63, 3.8) is 0 Å². The Morgan fingerprint density at radius 3 is 2.53 bits per heavy atom. The fourth-order valence-corrected chi connectivity index (χ4v) is 3.93. The smallest absolute Gasteiger partial charge is 0.0723 e. The van der Waals surface area contributed by atoms with E-state index < -0.39 is 0 Å². The molecule has 1 heterocycles. The van der Waals surface area contributed by atoms with E-state index in [1.807, 2.05) is 30.0 Å². The first-order chi connectivity index (χ1) is 9.25. The third-order valence-electron chi connectivity index (χ3n) is 3.24. The first kappa shape index (κ1) is 13.2. The molecule has 4 heteroatoms. The Kier molecular flexibility index (Phi) is 3.92. The zero-order valence-electron chi connectivity index (χ0n) is 10.2. The average Bonchev–Trinajstić information content (AvgIpc) is 2.43. The van der Waals surface area contributed by atoms with Gasteiger partial charge in [0.15, 0.2) is 0 Å². The van der Waals surface area contributed by atoms with Crippen molar-refractivity contribution in [2.24, 2.45) is 0 Å². The van der Waals surface area contributed by atoms with Crippen LogP contribution < -0.4 is 5.32 Å². The summed E-state index contributed by atoms with van der Waals surface area (Å²) in [4.78, 5) is 1.34. The number of hydrogen-bond acceptors (Lipinski definition) is 2. The molecule has 0 fully saturated rings. The molecule has 3 rings (SSSR count). The Hall–Kier alpha value is -0.830. The third kappa shape index (κ3) is 2.71. The minimum absolute atomic E-state index is 0.273. The summed E-state index contributed by atoms with van der Waals surface area (Å²) < 4.78 is 0. The van der Waals surface area contributed by atoms with E-state index in [0.717, 1.165) is 17.9 Å². The second-order valence-electron chi connectivity index (χ2n) is 4.47. The second-order valence-corrected chi connectivity index (χ2v) is 6.42. The number of para-hydroxylation sites is 1. The molecule has 0 radical (unpaired) electrons. The van der Waals surface area contributed by atoms with Gasteiger partial charge in [-0.2, -0.15) is 0 Å². The molecule has 2 aromatic carbocycles. The Bertz CT molecular complexity index is 580. The molecular weight excluding hydrogens is 297 g/mol. The van der Waals surface area contributed by atoms with E-state index in [0.29, 0.717) is 10.0 Å². The fourth-order valence-electron chi connectivity index (χ4n) is 2.30. The zero-order chi connectivity index (χ0) is 13.2.